The van der Waals surface area contributed by atoms with E-state index in [-0.39, 0.29) is 11.7 Å². The summed E-state index contributed by atoms with van der Waals surface area (Å²) in [5, 5.41) is 7.10. The predicted molar refractivity (Wildman–Crippen MR) is 112 cm³/mol. The number of rotatable bonds is 6. The number of amides is 1. The fourth-order valence-corrected chi connectivity index (χ4v) is 4.64. The van der Waals surface area contributed by atoms with Crippen LogP contribution in [0.1, 0.15) is 25.0 Å². The van der Waals surface area contributed by atoms with Crippen molar-refractivity contribution in [3.8, 4) is 0 Å². The zero-order chi connectivity index (χ0) is 18.6. The van der Waals surface area contributed by atoms with Crippen LogP contribution >= 0.6 is 22.7 Å². The monoisotopic (exact) mass is 391 g/mol. The van der Waals surface area contributed by atoms with E-state index >= 15 is 0 Å². The first-order valence-corrected chi connectivity index (χ1v) is 10.3. The first-order chi connectivity index (χ1) is 13.2. The molecule has 0 unspecified atom stereocenters. The molecule has 0 radical (unpaired) electrons. The summed E-state index contributed by atoms with van der Waals surface area (Å²) in [6.45, 7) is 0.436. The van der Waals surface area contributed by atoms with Crippen molar-refractivity contribution in [3.63, 3.8) is 0 Å². The van der Waals surface area contributed by atoms with Gasteiger partial charge in [-0.1, -0.05) is 48.5 Å². The number of hydrogen-bond donors (Lipinski definition) is 1. The molecule has 27 heavy (non-hydrogen) atoms. The molecule has 3 nitrogen and oxygen atoms in total. The van der Waals surface area contributed by atoms with Gasteiger partial charge in [0.15, 0.2) is 0 Å². The minimum Gasteiger partial charge on any atom is -0.351 e. The number of thiophene rings is 2. The number of fused-ring (bicyclic) bond motifs is 1. The molecule has 0 fully saturated rings. The highest BCUT2D eigenvalue weighted by Crippen LogP contribution is 2.22. The van der Waals surface area contributed by atoms with E-state index in [1.165, 1.54) is 22.7 Å². The number of ketones is 1. The molecule has 134 valence electrons. The maximum atomic E-state index is 12.4. The molecule has 1 amide bonds. The first-order valence-electron chi connectivity index (χ1n) is 8.61. The molecule has 0 atom stereocenters. The smallest absolute Gasteiger partial charge is 0.224 e. The Morgan fingerprint density at radius 2 is 1.70 bits per heavy atom. The van der Waals surface area contributed by atoms with Crippen LogP contribution in [0.25, 0.3) is 10.8 Å². The highest BCUT2D eigenvalue weighted by Gasteiger charge is 2.13. The Kier molecular flexibility index (Phi) is 5.14. The Balaban J connectivity index is 1.39. The lowest BCUT2D eigenvalue weighted by molar-refractivity contribution is -0.120. The van der Waals surface area contributed by atoms with E-state index in [4.69, 9.17) is 0 Å². The van der Waals surface area contributed by atoms with Gasteiger partial charge in [-0.2, -0.15) is 0 Å². The maximum Gasteiger partial charge on any atom is 0.224 e. The number of carbonyl (C=O) groups excluding carboxylic acids is 2. The molecular weight excluding hydrogens is 374 g/mol. The summed E-state index contributed by atoms with van der Waals surface area (Å²) in [6.07, 6.45) is 0.341. The van der Waals surface area contributed by atoms with E-state index in [1.807, 2.05) is 60.0 Å². The Labute approximate surface area is 165 Å². The third kappa shape index (κ3) is 3.99. The highest BCUT2D eigenvalue weighted by molar-refractivity contribution is 7.16. The van der Waals surface area contributed by atoms with Crippen molar-refractivity contribution in [1.29, 1.82) is 0 Å². The summed E-state index contributed by atoms with van der Waals surface area (Å²) in [5.41, 5.74) is 1.02. The molecule has 0 aliphatic carbocycles. The van der Waals surface area contributed by atoms with Gasteiger partial charge in [-0.3, -0.25) is 9.59 Å². The minimum atomic E-state index is -0.0223. The van der Waals surface area contributed by atoms with Crippen LogP contribution in [0.5, 0.6) is 0 Å². The SMILES string of the molecule is O=C(Cc1cccc2ccccc12)NCc1ccc(C(=O)c2cccs2)s1. The molecule has 0 spiro atoms. The van der Waals surface area contributed by atoms with E-state index in [1.54, 1.807) is 0 Å². The van der Waals surface area contributed by atoms with Crippen LogP contribution in [0.3, 0.4) is 0 Å². The Bertz CT molecular complexity index is 1090. The number of nitrogens with one attached hydrogen (secondary N) is 1. The Morgan fingerprint density at radius 1 is 0.852 bits per heavy atom. The van der Waals surface area contributed by atoms with Gasteiger partial charge in [0.05, 0.1) is 22.7 Å². The van der Waals surface area contributed by atoms with Gasteiger partial charge in [0.25, 0.3) is 0 Å². The van der Waals surface area contributed by atoms with E-state index in [2.05, 4.69) is 17.4 Å². The predicted octanol–water partition coefficient (Wildman–Crippen LogP) is 5.05. The normalized spacial score (nSPS) is 10.8. The number of hydrogen-bond acceptors (Lipinski definition) is 4. The largest absolute Gasteiger partial charge is 0.351 e. The van der Waals surface area contributed by atoms with Gasteiger partial charge in [0.1, 0.15) is 0 Å². The molecule has 0 saturated heterocycles. The topological polar surface area (TPSA) is 46.2 Å². The molecule has 0 aliphatic rings. The average molecular weight is 392 g/mol. The van der Waals surface area contributed by atoms with Gasteiger partial charge in [-0.05, 0) is 39.9 Å². The van der Waals surface area contributed by atoms with Crippen LogP contribution in [0, 0.1) is 0 Å². The van der Waals surface area contributed by atoms with Crippen molar-refractivity contribution < 1.29 is 9.59 Å². The van der Waals surface area contributed by atoms with E-state index in [0.717, 1.165) is 26.1 Å². The lowest BCUT2D eigenvalue weighted by atomic mass is 10.0. The zero-order valence-corrected chi connectivity index (χ0v) is 16.1. The Hall–Kier alpha value is -2.76. The second kappa shape index (κ2) is 7.86. The van der Waals surface area contributed by atoms with Crippen molar-refractivity contribution in [2.75, 3.05) is 0 Å². The van der Waals surface area contributed by atoms with Crippen molar-refractivity contribution in [3.05, 3.63) is 92.3 Å². The van der Waals surface area contributed by atoms with Gasteiger partial charge in [0.2, 0.25) is 11.7 Å². The van der Waals surface area contributed by atoms with Crippen LogP contribution in [0.2, 0.25) is 0 Å². The molecule has 0 bridgehead atoms. The van der Waals surface area contributed by atoms with Crippen LogP contribution in [-0.2, 0) is 17.8 Å². The van der Waals surface area contributed by atoms with Crippen LogP contribution in [0.15, 0.2) is 72.1 Å². The average Bonchev–Trinajstić information content (AvgIpc) is 3.38. The number of carbonyl (C=O) groups is 2. The summed E-state index contributed by atoms with van der Waals surface area (Å²) >= 11 is 2.88. The van der Waals surface area contributed by atoms with Crippen molar-refractivity contribution >= 4 is 45.1 Å². The van der Waals surface area contributed by atoms with E-state index < -0.39 is 0 Å². The van der Waals surface area contributed by atoms with Crippen molar-refractivity contribution in [1.82, 2.24) is 5.32 Å². The van der Waals surface area contributed by atoms with E-state index in [0.29, 0.717) is 17.8 Å². The van der Waals surface area contributed by atoms with Gasteiger partial charge in [-0.25, -0.2) is 0 Å². The molecule has 1 N–H and O–H groups in total. The standard InChI is InChI=1S/C22H17NO2S2/c24-21(13-16-7-3-6-15-5-1-2-8-18(15)16)23-14-17-10-11-20(27-17)22(25)19-9-4-12-26-19/h1-12H,13-14H2,(H,23,24). The maximum absolute atomic E-state index is 12.4. The highest BCUT2D eigenvalue weighted by atomic mass is 32.1. The van der Waals surface area contributed by atoms with Crippen molar-refractivity contribution in [2.24, 2.45) is 0 Å². The fourth-order valence-electron chi connectivity index (χ4n) is 2.99. The molecule has 4 aromatic rings. The second-order valence-electron chi connectivity index (χ2n) is 6.16. The third-order valence-electron chi connectivity index (χ3n) is 4.32. The molecule has 0 saturated carbocycles. The summed E-state index contributed by atoms with van der Waals surface area (Å²) in [6, 6.07) is 21.5. The first kappa shape index (κ1) is 17.6. The lowest BCUT2D eigenvalue weighted by Crippen LogP contribution is -2.24. The zero-order valence-electron chi connectivity index (χ0n) is 14.5. The van der Waals surface area contributed by atoms with Crippen LogP contribution < -0.4 is 5.32 Å². The van der Waals surface area contributed by atoms with Crippen LogP contribution in [0.4, 0.5) is 0 Å². The van der Waals surface area contributed by atoms with Gasteiger partial charge < -0.3 is 5.32 Å². The molecule has 5 heteroatoms. The quantitative estimate of drug-likeness (QED) is 0.467. The van der Waals surface area contributed by atoms with Crippen LogP contribution in [-0.4, -0.2) is 11.7 Å². The number of benzene rings is 2. The summed E-state index contributed by atoms with van der Waals surface area (Å²) in [4.78, 5) is 27.2. The molecule has 2 aromatic heterocycles. The Morgan fingerprint density at radius 3 is 2.56 bits per heavy atom. The molecule has 2 aromatic carbocycles. The molecule has 4 rings (SSSR count). The van der Waals surface area contributed by atoms with Gasteiger partial charge in [-0.15, -0.1) is 22.7 Å². The second-order valence-corrected chi connectivity index (χ2v) is 8.28. The molecule has 0 aliphatic heterocycles. The summed E-state index contributed by atoms with van der Waals surface area (Å²) < 4.78 is 0. The summed E-state index contributed by atoms with van der Waals surface area (Å²) in [5.74, 6) is 0.0224. The van der Waals surface area contributed by atoms with E-state index in [9.17, 15) is 9.59 Å². The summed E-state index contributed by atoms with van der Waals surface area (Å²) in [7, 11) is 0. The lowest BCUT2D eigenvalue weighted by Gasteiger charge is -2.07. The fraction of sp³-hybridized carbons (Fsp3) is 0.0909. The third-order valence-corrected chi connectivity index (χ3v) is 6.27. The van der Waals surface area contributed by atoms with Gasteiger partial charge >= 0.3 is 0 Å². The van der Waals surface area contributed by atoms with Gasteiger partial charge in [0, 0.05) is 4.88 Å². The molecule has 2 heterocycles. The minimum absolute atomic E-state index is 0.0223. The molecular formula is C22H17NO2S2. The van der Waals surface area contributed by atoms with Crippen molar-refractivity contribution in [2.45, 2.75) is 13.0 Å².